The number of nitrogens with zero attached hydrogens (tertiary/aromatic N) is 3. The molecule has 1 aromatic heterocycles. The van der Waals surface area contributed by atoms with Crippen molar-refractivity contribution < 1.29 is 4.79 Å². The van der Waals surface area contributed by atoms with Crippen molar-refractivity contribution >= 4 is 23.0 Å². The van der Waals surface area contributed by atoms with Gasteiger partial charge >= 0.3 is 0 Å². The first kappa shape index (κ1) is 24.7. The Balaban J connectivity index is 1.94. The van der Waals surface area contributed by atoms with Gasteiger partial charge in [-0.05, 0) is 51.8 Å². The van der Waals surface area contributed by atoms with Gasteiger partial charge in [0.2, 0.25) is 0 Å². The van der Waals surface area contributed by atoms with Crippen LogP contribution < -0.4 is 21.4 Å². The number of benzene rings is 1. The standard InChI is InChI=1S/C24H35N7O/c1-7-8-9-10-17(2)28-29-18(3)14-26-22-12-11-20(13-23(22)25-5)24(32)27-15-21-16-31(6)30-19(21)4/h7,10-13,16,25-26,28H,1,8-9,14-15H2,2-6H3,(H,27,32)/b17-10+,29-18+. The fourth-order valence-corrected chi connectivity index (χ4v) is 3.06. The Labute approximate surface area is 190 Å². The second-order valence-electron chi connectivity index (χ2n) is 7.67. The molecule has 4 N–H and O–H groups in total. The second-order valence-corrected chi connectivity index (χ2v) is 7.67. The van der Waals surface area contributed by atoms with E-state index in [2.05, 4.69) is 44.2 Å². The molecule has 0 spiro atoms. The lowest BCUT2D eigenvalue weighted by atomic mass is 10.1. The Kier molecular flexibility index (Phi) is 9.53. The van der Waals surface area contributed by atoms with E-state index in [1.54, 1.807) is 4.68 Å². The van der Waals surface area contributed by atoms with Gasteiger partial charge in [0.25, 0.3) is 5.91 Å². The number of hydrazone groups is 1. The van der Waals surface area contributed by atoms with Gasteiger partial charge in [-0.1, -0.05) is 12.2 Å². The van der Waals surface area contributed by atoms with Crippen LogP contribution in [0.25, 0.3) is 0 Å². The molecule has 32 heavy (non-hydrogen) atoms. The largest absolute Gasteiger partial charge is 0.386 e. The molecule has 8 heteroatoms. The molecule has 0 bridgehead atoms. The predicted octanol–water partition coefficient (Wildman–Crippen LogP) is 3.95. The summed E-state index contributed by atoms with van der Waals surface area (Å²) in [5.41, 5.74) is 9.24. The molecule has 0 aliphatic rings. The first-order valence-corrected chi connectivity index (χ1v) is 10.7. The lowest BCUT2D eigenvalue weighted by Gasteiger charge is -2.14. The van der Waals surface area contributed by atoms with Crippen molar-refractivity contribution in [3.8, 4) is 0 Å². The van der Waals surface area contributed by atoms with Crippen molar-refractivity contribution in [3.63, 3.8) is 0 Å². The third-order valence-electron chi connectivity index (χ3n) is 4.88. The number of nitrogens with one attached hydrogen (secondary N) is 4. The van der Waals surface area contributed by atoms with Crippen LogP contribution in [-0.2, 0) is 13.6 Å². The number of hydrogen-bond acceptors (Lipinski definition) is 6. The Bertz CT molecular complexity index is 988. The number of rotatable bonds is 12. The summed E-state index contributed by atoms with van der Waals surface area (Å²) in [6.45, 7) is 10.6. The first-order chi connectivity index (χ1) is 15.3. The molecular weight excluding hydrogens is 402 g/mol. The maximum atomic E-state index is 12.6. The fraction of sp³-hybridized carbons (Fsp3) is 0.375. The van der Waals surface area contributed by atoms with Crippen LogP contribution in [0.3, 0.4) is 0 Å². The van der Waals surface area contributed by atoms with Crippen LogP contribution in [0.4, 0.5) is 11.4 Å². The van der Waals surface area contributed by atoms with Crippen molar-refractivity contribution in [2.45, 2.75) is 40.2 Å². The minimum atomic E-state index is -0.128. The summed E-state index contributed by atoms with van der Waals surface area (Å²) >= 11 is 0. The van der Waals surface area contributed by atoms with Gasteiger partial charge in [0.1, 0.15) is 0 Å². The van der Waals surface area contributed by atoms with E-state index in [9.17, 15) is 4.79 Å². The summed E-state index contributed by atoms with van der Waals surface area (Å²) in [4.78, 5) is 12.6. The topological polar surface area (TPSA) is 95.4 Å². The first-order valence-electron chi connectivity index (χ1n) is 10.7. The van der Waals surface area contributed by atoms with Crippen LogP contribution in [0.5, 0.6) is 0 Å². The average molecular weight is 438 g/mol. The molecule has 2 aromatic rings. The number of carbonyl (C=O) groups is 1. The molecule has 1 aromatic carbocycles. The molecule has 0 unspecified atom stereocenters. The molecule has 0 radical (unpaired) electrons. The van der Waals surface area contributed by atoms with E-state index >= 15 is 0 Å². The highest BCUT2D eigenvalue weighted by molar-refractivity contribution is 5.96. The Morgan fingerprint density at radius 1 is 1.25 bits per heavy atom. The van der Waals surface area contributed by atoms with Crippen LogP contribution in [0, 0.1) is 6.92 Å². The number of aryl methyl sites for hydroxylation is 2. The average Bonchev–Trinajstić information content (AvgIpc) is 3.11. The quantitative estimate of drug-likeness (QED) is 0.175. The number of allylic oxidation sites excluding steroid dienone is 3. The minimum absolute atomic E-state index is 0.128. The maximum absolute atomic E-state index is 12.6. The van der Waals surface area contributed by atoms with Crippen LogP contribution in [0.1, 0.15) is 48.3 Å². The summed E-state index contributed by atoms with van der Waals surface area (Å²) in [5, 5.41) is 18.2. The number of anilines is 2. The molecule has 2 rings (SSSR count). The number of unbranched alkanes of at least 4 members (excludes halogenated alkanes) is 1. The molecule has 0 aliphatic heterocycles. The molecular formula is C24H35N7O. The fourth-order valence-electron chi connectivity index (χ4n) is 3.06. The lowest BCUT2D eigenvalue weighted by Crippen LogP contribution is -2.23. The van der Waals surface area contributed by atoms with Gasteiger partial charge in [-0.15, -0.1) is 6.58 Å². The molecule has 0 saturated heterocycles. The van der Waals surface area contributed by atoms with Gasteiger partial charge in [-0.2, -0.15) is 10.2 Å². The summed E-state index contributed by atoms with van der Waals surface area (Å²) in [6, 6.07) is 5.55. The van der Waals surface area contributed by atoms with Crippen LogP contribution in [0.2, 0.25) is 0 Å². The molecule has 1 amide bonds. The van der Waals surface area contributed by atoms with Crippen molar-refractivity contribution in [1.29, 1.82) is 0 Å². The van der Waals surface area contributed by atoms with Crippen molar-refractivity contribution in [3.05, 3.63) is 65.6 Å². The van der Waals surface area contributed by atoms with Crippen molar-refractivity contribution in [2.24, 2.45) is 12.1 Å². The highest BCUT2D eigenvalue weighted by Crippen LogP contribution is 2.23. The third kappa shape index (κ3) is 7.61. The van der Waals surface area contributed by atoms with E-state index in [1.165, 1.54) is 0 Å². The Morgan fingerprint density at radius 2 is 2.03 bits per heavy atom. The normalized spacial score (nSPS) is 11.8. The zero-order chi connectivity index (χ0) is 23.5. The van der Waals surface area contributed by atoms with Crippen molar-refractivity contribution in [2.75, 3.05) is 24.2 Å². The van der Waals surface area contributed by atoms with Gasteiger partial charge in [-0.25, -0.2) is 0 Å². The molecule has 0 atom stereocenters. The highest BCUT2D eigenvalue weighted by atomic mass is 16.1. The number of amides is 1. The molecule has 1 heterocycles. The second kappa shape index (κ2) is 12.3. The van der Waals surface area contributed by atoms with Gasteiger partial charge in [-0.3, -0.25) is 14.9 Å². The number of hydrogen-bond donors (Lipinski definition) is 4. The van der Waals surface area contributed by atoms with E-state index < -0.39 is 0 Å². The lowest BCUT2D eigenvalue weighted by molar-refractivity contribution is 0.0951. The highest BCUT2D eigenvalue weighted by Gasteiger charge is 2.11. The zero-order valence-corrected chi connectivity index (χ0v) is 19.7. The summed E-state index contributed by atoms with van der Waals surface area (Å²) in [6.07, 6.45) is 7.82. The molecule has 172 valence electrons. The smallest absolute Gasteiger partial charge is 0.251 e. The minimum Gasteiger partial charge on any atom is -0.386 e. The maximum Gasteiger partial charge on any atom is 0.251 e. The van der Waals surface area contributed by atoms with E-state index in [1.807, 2.05) is 65.3 Å². The number of carbonyl (C=O) groups excluding carboxylic acids is 1. The van der Waals surface area contributed by atoms with Gasteiger partial charge in [0.05, 0.1) is 29.3 Å². The molecule has 8 nitrogen and oxygen atoms in total. The molecule has 0 saturated carbocycles. The summed E-state index contributed by atoms with van der Waals surface area (Å²) in [5.74, 6) is -0.128. The van der Waals surface area contributed by atoms with E-state index in [-0.39, 0.29) is 5.91 Å². The predicted molar refractivity (Wildman–Crippen MR) is 133 cm³/mol. The van der Waals surface area contributed by atoms with Crippen LogP contribution in [0.15, 0.2) is 53.9 Å². The van der Waals surface area contributed by atoms with Crippen LogP contribution in [-0.4, -0.2) is 35.0 Å². The third-order valence-corrected chi connectivity index (χ3v) is 4.88. The van der Waals surface area contributed by atoms with E-state index in [0.717, 1.165) is 46.9 Å². The molecule has 0 fully saturated rings. The van der Waals surface area contributed by atoms with Crippen molar-refractivity contribution in [1.82, 2.24) is 20.5 Å². The van der Waals surface area contributed by atoms with E-state index in [0.29, 0.717) is 18.7 Å². The monoisotopic (exact) mass is 437 g/mol. The van der Waals surface area contributed by atoms with Gasteiger partial charge < -0.3 is 16.0 Å². The van der Waals surface area contributed by atoms with Gasteiger partial charge in [0.15, 0.2) is 0 Å². The van der Waals surface area contributed by atoms with Gasteiger partial charge in [0, 0.05) is 43.7 Å². The summed E-state index contributed by atoms with van der Waals surface area (Å²) in [7, 11) is 3.70. The number of aromatic nitrogens is 2. The Hall–Kier alpha value is -3.55. The Morgan fingerprint density at radius 3 is 2.69 bits per heavy atom. The molecule has 0 aliphatic carbocycles. The van der Waals surface area contributed by atoms with Crippen LogP contribution >= 0.6 is 0 Å². The van der Waals surface area contributed by atoms with E-state index in [4.69, 9.17) is 0 Å². The SMILES string of the molecule is C=CCC/C=C(\C)N/N=C(\C)CNc1ccc(C(=O)NCc2cn(C)nc2C)cc1NC. The summed E-state index contributed by atoms with van der Waals surface area (Å²) < 4.78 is 1.75. The zero-order valence-electron chi connectivity index (χ0n) is 19.7.